The Kier molecular flexibility index (Phi) is 6.20. The lowest BCUT2D eigenvalue weighted by atomic mass is 9.98. The van der Waals surface area contributed by atoms with Crippen LogP contribution >= 0.6 is 0 Å². The number of carbonyl (C=O) groups excluding carboxylic acids is 1. The van der Waals surface area contributed by atoms with Gasteiger partial charge in [0.1, 0.15) is 5.82 Å². The normalized spacial score (nSPS) is 19.4. The highest BCUT2D eigenvalue weighted by Crippen LogP contribution is 2.30. The summed E-state index contributed by atoms with van der Waals surface area (Å²) in [6.07, 6.45) is 0.478. The maximum atomic E-state index is 12.8. The van der Waals surface area contributed by atoms with Gasteiger partial charge in [-0.1, -0.05) is 13.8 Å². The van der Waals surface area contributed by atoms with Crippen LogP contribution in [0.15, 0.2) is 49.1 Å². The Labute approximate surface area is 195 Å². The van der Waals surface area contributed by atoms with Crippen molar-refractivity contribution in [1.82, 2.24) is 24.8 Å². The van der Waals surface area contributed by atoms with Gasteiger partial charge < -0.3 is 15.2 Å². The van der Waals surface area contributed by atoms with E-state index in [1.165, 1.54) is 18.5 Å². The van der Waals surface area contributed by atoms with Gasteiger partial charge in [-0.15, -0.1) is 0 Å². The van der Waals surface area contributed by atoms with Gasteiger partial charge in [-0.2, -0.15) is 18.2 Å². The number of imidazole rings is 1. The zero-order valence-electron chi connectivity index (χ0n) is 19.2. The number of amides is 2. The van der Waals surface area contributed by atoms with E-state index < -0.39 is 11.7 Å². The first-order valence-corrected chi connectivity index (χ1v) is 11.0. The van der Waals surface area contributed by atoms with E-state index >= 15 is 0 Å². The second-order valence-corrected chi connectivity index (χ2v) is 8.70. The van der Waals surface area contributed by atoms with Crippen molar-refractivity contribution in [3.8, 4) is 5.69 Å². The van der Waals surface area contributed by atoms with E-state index in [0.29, 0.717) is 23.1 Å². The highest BCUT2D eigenvalue weighted by Gasteiger charge is 2.40. The summed E-state index contributed by atoms with van der Waals surface area (Å²) in [5.74, 6) is 1.07. The van der Waals surface area contributed by atoms with Crippen molar-refractivity contribution in [2.75, 3.05) is 10.2 Å². The Morgan fingerprint density at radius 1 is 1.09 bits per heavy atom. The van der Waals surface area contributed by atoms with Crippen molar-refractivity contribution >= 4 is 17.8 Å². The topological polar surface area (TPSA) is 88.0 Å². The zero-order valence-corrected chi connectivity index (χ0v) is 19.2. The molecule has 0 unspecified atom stereocenters. The first-order valence-electron chi connectivity index (χ1n) is 11.0. The fourth-order valence-electron chi connectivity index (χ4n) is 4.19. The number of carbonyl (C=O) groups is 1. The predicted octanol–water partition coefficient (Wildman–Crippen LogP) is 4.80. The molecule has 1 saturated heterocycles. The Bertz CT molecular complexity index is 1160. The van der Waals surface area contributed by atoms with E-state index in [1.54, 1.807) is 27.9 Å². The second kappa shape index (κ2) is 8.96. The van der Waals surface area contributed by atoms with Crippen LogP contribution < -0.4 is 15.5 Å². The smallest absolute Gasteiger partial charge is 0.346 e. The first-order chi connectivity index (χ1) is 16.0. The minimum atomic E-state index is -4.38. The third-order valence-corrected chi connectivity index (χ3v) is 5.84. The summed E-state index contributed by atoms with van der Waals surface area (Å²) in [5, 5.41) is 6.12. The van der Waals surface area contributed by atoms with Crippen molar-refractivity contribution < 1.29 is 18.0 Å². The summed E-state index contributed by atoms with van der Waals surface area (Å²) >= 11 is 0. The zero-order chi connectivity index (χ0) is 24.6. The van der Waals surface area contributed by atoms with Gasteiger partial charge >= 0.3 is 12.2 Å². The van der Waals surface area contributed by atoms with Gasteiger partial charge in [-0.25, -0.2) is 14.8 Å². The van der Waals surface area contributed by atoms with E-state index in [2.05, 4.69) is 39.4 Å². The van der Waals surface area contributed by atoms with Crippen LogP contribution in [-0.4, -0.2) is 37.6 Å². The van der Waals surface area contributed by atoms with Crippen LogP contribution in [0.4, 0.5) is 29.7 Å². The number of aromatic nitrogens is 4. The average Bonchev–Trinajstić information content (AvgIpc) is 3.38. The molecule has 11 heteroatoms. The molecule has 3 heterocycles. The molecule has 0 spiro atoms. The van der Waals surface area contributed by atoms with E-state index in [-0.39, 0.29) is 30.1 Å². The number of nitrogens with one attached hydrogen (secondary N) is 2. The quantitative estimate of drug-likeness (QED) is 0.537. The molecular formula is C23H26F3N7O. The molecule has 1 aromatic carbocycles. The maximum Gasteiger partial charge on any atom is 0.416 e. The highest BCUT2D eigenvalue weighted by atomic mass is 19.4. The SMILES string of the molecule is CC(C)[C@H]1[C@H](C)NC(=O)N1c1ccnc(N[C@@H](C)c2cn(-c3ccc(C(F)(F)F)cc3)cn2)n1. The highest BCUT2D eigenvalue weighted by molar-refractivity contribution is 5.94. The molecule has 3 atom stereocenters. The molecule has 8 nitrogen and oxygen atoms in total. The number of hydrogen-bond acceptors (Lipinski definition) is 5. The van der Waals surface area contributed by atoms with Crippen LogP contribution in [0.3, 0.4) is 0 Å². The standard InChI is InChI=1S/C23H26F3N7O/c1-13(2)20-15(4)30-22(34)33(20)19-9-10-27-21(31-19)29-14(3)18-11-32(12-28-18)17-7-5-16(6-8-17)23(24,25)26/h5-15,20H,1-4H3,(H,30,34)(H,27,29,31)/t14-,15-,20-/m0/s1. The molecule has 2 aromatic heterocycles. The summed E-state index contributed by atoms with van der Waals surface area (Å²) in [5.41, 5.74) is 0.511. The van der Waals surface area contributed by atoms with Gasteiger partial charge in [0.25, 0.3) is 0 Å². The molecule has 4 rings (SSSR count). The lowest BCUT2D eigenvalue weighted by Gasteiger charge is -2.27. The van der Waals surface area contributed by atoms with E-state index in [1.807, 2.05) is 13.8 Å². The molecule has 1 aliphatic heterocycles. The number of benzene rings is 1. The third kappa shape index (κ3) is 4.68. The van der Waals surface area contributed by atoms with Gasteiger partial charge in [0, 0.05) is 24.1 Å². The van der Waals surface area contributed by atoms with Crippen molar-refractivity contribution in [3.05, 3.63) is 60.3 Å². The third-order valence-electron chi connectivity index (χ3n) is 5.84. The summed E-state index contributed by atoms with van der Waals surface area (Å²) < 4.78 is 40.1. The van der Waals surface area contributed by atoms with Crippen LogP contribution in [0.5, 0.6) is 0 Å². The van der Waals surface area contributed by atoms with E-state index in [0.717, 1.165) is 12.1 Å². The van der Waals surface area contributed by atoms with Crippen LogP contribution in [0.2, 0.25) is 0 Å². The summed E-state index contributed by atoms with van der Waals surface area (Å²) in [4.78, 5) is 27.4. The van der Waals surface area contributed by atoms with Crippen molar-refractivity contribution in [3.63, 3.8) is 0 Å². The molecule has 3 aromatic rings. The number of urea groups is 1. The number of hydrogen-bond donors (Lipinski definition) is 2. The number of halogens is 3. The number of nitrogens with zero attached hydrogens (tertiary/aromatic N) is 5. The van der Waals surface area contributed by atoms with Crippen molar-refractivity contribution in [2.24, 2.45) is 5.92 Å². The van der Waals surface area contributed by atoms with Crippen LogP contribution in [0.1, 0.15) is 45.0 Å². The second-order valence-electron chi connectivity index (χ2n) is 8.70. The van der Waals surface area contributed by atoms with Gasteiger partial charge in [-0.3, -0.25) is 4.90 Å². The molecule has 2 N–H and O–H groups in total. The van der Waals surface area contributed by atoms with Gasteiger partial charge in [-0.05, 0) is 50.1 Å². The molecule has 180 valence electrons. The van der Waals surface area contributed by atoms with E-state index in [4.69, 9.17) is 0 Å². The molecule has 34 heavy (non-hydrogen) atoms. The number of anilines is 2. The molecule has 0 radical (unpaired) electrons. The molecule has 0 aliphatic carbocycles. The Morgan fingerprint density at radius 3 is 2.44 bits per heavy atom. The minimum absolute atomic E-state index is 0.00744. The van der Waals surface area contributed by atoms with Crippen LogP contribution in [0, 0.1) is 5.92 Å². The molecule has 0 bridgehead atoms. The summed E-state index contributed by atoms with van der Waals surface area (Å²) in [6, 6.07) is 6.03. The molecule has 2 amide bonds. The van der Waals surface area contributed by atoms with E-state index in [9.17, 15) is 18.0 Å². The summed E-state index contributed by atoms with van der Waals surface area (Å²) in [7, 11) is 0. The Balaban J connectivity index is 1.49. The Hall–Kier alpha value is -3.63. The number of rotatable bonds is 6. The lowest BCUT2D eigenvalue weighted by Crippen LogP contribution is -2.40. The maximum absolute atomic E-state index is 12.8. The molecular weight excluding hydrogens is 447 g/mol. The molecule has 0 saturated carbocycles. The molecule has 1 fully saturated rings. The van der Waals surface area contributed by atoms with Crippen LogP contribution in [-0.2, 0) is 6.18 Å². The van der Waals surface area contributed by atoms with Gasteiger partial charge in [0.05, 0.1) is 29.7 Å². The van der Waals surface area contributed by atoms with Gasteiger partial charge in [0.15, 0.2) is 0 Å². The van der Waals surface area contributed by atoms with Crippen LogP contribution in [0.25, 0.3) is 5.69 Å². The van der Waals surface area contributed by atoms with Crippen molar-refractivity contribution in [1.29, 1.82) is 0 Å². The number of alkyl halides is 3. The van der Waals surface area contributed by atoms with Gasteiger partial charge in [0.2, 0.25) is 5.95 Å². The molecule has 1 aliphatic rings. The minimum Gasteiger partial charge on any atom is -0.346 e. The average molecular weight is 474 g/mol. The fourth-order valence-corrected chi connectivity index (χ4v) is 4.19. The lowest BCUT2D eigenvalue weighted by molar-refractivity contribution is -0.137. The monoisotopic (exact) mass is 473 g/mol. The summed E-state index contributed by atoms with van der Waals surface area (Å²) in [6.45, 7) is 7.96. The first kappa shape index (κ1) is 23.5. The fraction of sp³-hybridized carbons (Fsp3) is 0.391. The van der Waals surface area contributed by atoms with Crippen molar-refractivity contribution in [2.45, 2.75) is 52.0 Å². The Morgan fingerprint density at radius 2 is 1.79 bits per heavy atom. The predicted molar refractivity (Wildman–Crippen MR) is 122 cm³/mol. The largest absolute Gasteiger partial charge is 0.416 e.